The molecule has 1 amide bonds. The second-order valence-corrected chi connectivity index (χ2v) is 5.54. The monoisotopic (exact) mass is 351 g/mol. The van der Waals surface area contributed by atoms with Crippen molar-refractivity contribution in [3.05, 3.63) is 70.6 Å². The first-order valence-corrected chi connectivity index (χ1v) is 8.10. The van der Waals surface area contributed by atoms with Crippen molar-refractivity contribution in [3.63, 3.8) is 0 Å². The van der Waals surface area contributed by atoms with Gasteiger partial charge in [0.15, 0.2) is 0 Å². The van der Waals surface area contributed by atoms with Crippen molar-refractivity contribution >= 4 is 28.3 Å². The van der Waals surface area contributed by atoms with E-state index in [-0.39, 0.29) is 12.1 Å². The lowest BCUT2D eigenvalue weighted by molar-refractivity contribution is -0.117. The van der Waals surface area contributed by atoms with Crippen LogP contribution in [0.15, 0.2) is 59.5 Å². The number of ether oxygens (including phenoxy) is 1. The summed E-state index contributed by atoms with van der Waals surface area (Å²) >= 11 is 0. The maximum absolute atomic E-state index is 12.4. The molecular formula is C19H17N3O4. The molecule has 0 radical (unpaired) electrons. The van der Waals surface area contributed by atoms with E-state index >= 15 is 0 Å². The Labute approximate surface area is 149 Å². The zero-order chi connectivity index (χ0) is 18.5. The third kappa shape index (κ3) is 3.77. The molecule has 0 unspecified atom stereocenters. The Bertz CT molecular complexity index is 1010. The second kappa shape index (κ2) is 7.60. The predicted molar refractivity (Wildman–Crippen MR) is 97.0 cm³/mol. The van der Waals surface area contributed by atoms with Crippen molar-refractivity contribution in [2.24, 2.45) is 0 Å². The highest BCUT2D eigenvalue weighted by Crippen LogP contribution is 2.11. The van der Waals surface area contributed by atoms with E-state index in [1.54, 1.807) is 55.6 Å². The zero-order valence-electron chi connectivity index (χ0n) is 14.1. The minimum absolute atomic E-state index is 0.205. The average molecular weight is 351 g/mol. The quantitative estimate of drug-likeness (QED) is 0.712. The average Bonchev–Trinajstić information content (AvgIpc) is 2.65. The number of aromatic nitrogens is 2. The molecule has 0 aliphatic heterocycles. The number of carbonyl (C=O) groups is 2. The fraction of sp³-hybridized carbons (Fsp3) is 0.158. The van der Waals surface area contributed by atoms with E-state index in [0.29, 0.717) is 23.2 Å². The molecule has 0 saturated carbocycles. The van der Waals surface area contributed by atoms with Gasteiger partial charge in [-0.3, -0.25) is 9.59 Å². The van der Waals surface area contributed by atoms with Crippen LogP contribution in [0, 0.1) is 0 Å². The maximum Gasteiger partial charge on any atom is 0.338 e. The largest absolute Gasteiger partial charge is 0.462 e. The van der Waals surface area contributed by atoms with Gasteiger partial charge in [0.25, 0.3) is 5.56 Å². The van der Waals surface area contributed by atoms with Crippen LogP contribution in [0.1, 0.15) is 17.3 Å². The third-order valence-electron chi connectivity index (χ3n) is 3.74. The summed E-state index contributed by atoms with van der Waals surface area (Å²) in [5.74, 6) is -0.809. The molecule has 0 atom stereocenters. The van der Waals surface area contributed by atoms with E-state index in [4.69, 9.17) is 4.74 Å². The van der Waals surface area contributed by atoms with Gasteiger partial charge in [0.2, 0.25) is 5.91 Å². The van der Waals surface area contributed by atoms with Crippen LogP contribution in [0.4, 0.5) is 5.69 Å². The van der Waals surface area contributed by atoms with E-state index in [2.05, 4.69) is 10.4 Å². The number of hydrogen-bond donors (Lipinski definition) is 1. The first-order valence-electron chi connectivity index (χ1n) is 8.10. The van der Waals surface area contributed by atoms with Crippen LogP contribution in [0.5, 0.6) is 0 Å². The maximum atomic E-state index is 12.4. The Balaban J connectivity index is 1.70. The van der Waals surface area contributed by atoms with Gasteiger partial charge in [0, 0.05) is 11.1 Å². The van der Waals surface area contributed by atoms with Crippen LogP contribution in [-0.4, -0.2) is 28.3 Å². The number of rotatable bonds is 5. The molecule has 2 aromatic carbocycles. The highest BCUT2D eigenvalue weighted by atomic mass is 16.5. The smallest absolute Gasteiger partial charge is 0.338 e. The summed E-state index contributed by atoms with van der Waals surface area (Å²) in [7, 11) is 0. The topological polar surface area (TPSA) is 90.3 Å². The lowest BCUT2D eigenvalue weighted by Gasteiger charge is -2.08. The number of hydrogen-bond acceptors (Lipinski definition) is 5. The van der Waals surface area contributed by atoms with E-state index in [1.165, 1.54) is 0 Å². The molecule has 0 saturated heterocycles. The van der Waals surface area contributed by atoms with Gasteiger partial charge in [-0.15, -0.1) is 0 Å². The molecule has 1 N–H and O–H groups in total. The number of carbonyl (C=O) groups excluding carboxylic acids is 2. The number of fused-ring (bicyclic) bond motifs is 1. The lowest BCUT2D eigenvalue weighted by Crippen LogP contribution is -2.29. The second-order valence-electron chi connectivity index (χ2n) is 5.54. The summed E-state index contributed by atoms with van der Waals surface area (Å²) in [5, 5.41) is 7.94. The predicted octanol–water partition coefficient (Wildman–Crippen LogP) is 2.21. The summed E-state index contributed by atoms with van der Waals surface area (Å²) in [6.45, 7) is 1.82. The van der Waals surface area contributed by atoms with Gasteiger partial charge in [-0.05, 0) is 37.3 Å². The summed E-state index contributed by atoms with van der Waals surface area (Å²) in [6.07, 6.45) is 1.55. The van der Waals surface area contributed by atoms with Crippen LogP contribution >= 0.6 is 0 Å². The van der Waals surface area contributed by atoms with Crippen LogP contribution < -0.4 is 10.9 Å². The summed E-state index contributed by atoms with van der Waals surface area (Å²) in [6, 6.07) is 13.4. The first kappa shape index (κ1) is 17.3. The van der Waals surface area contributed by atoms with E-state index < -0.39 is 11.9 Å². The molecule has 26 heavy (non-hydrogen) atoms. The van der Waals surface area contributed by atoms with E-state index in [1.807, 2.05) is 6.07 Å². The van der Waals surface area contributed by atoms with Crippen molar-refractivity contribution < 1.29 is 14.3 Å². The molecule has 3 aromatic rings. The van der Waals surface area contributed by atoms with Crippen molar-refractivity contribution in [2.75, 3.05) is 11.9 Å². The van der Waals surface area contributed by atoms with Gasteiger partial charge in [-0.2, -0.15) is 5.10 Å². The lowest BCUT2D eigenvalue weighted by atomic mass is 10.2. The Morgan fingerprint density at radius 2 is 1.85 bits per heavy atom. The van der Waals surface area contributed by atoms with Crippen molar-refractivity contribution in [1.29, 1.82) is 0 Å². The Morgan fingerprint density at radius 3 is 2.58 bits per heavy atom. The van der Waals surface area contributed by atoms with E-state index in [0.717, 1.165) is 10.1 Å². The standard InChI is InChI=1S/C19H17N3O4/c1-2-26-19(25)13-7-9-15(10-8-13)21-17(23)12-22-18(24)16-6-4-3-5-14(16)11-20-22/h3-11H,2,12H2,1H3,(H,21,23). The highest BCUT2D eigenvalue weighted by molar-refractivity contribution is 5.93. The fourth-order valence-corrected chi connectivity index (χ4v) is 2.48. The van der Waals surface area contributed by atoms with Gasteiger partial charge >= 0.3 is 5.97 Å². The molecule has 132 valence electrons. The molecule has 0 aliphatic rings. The normalized spacial score (nSPS) is 10.5. The Morgan fingerprint density at radius 1 is 1.12 bits per heavy atom. The molecule has 0 fully saturated rings. The van der Waals surface area contributed by atoms with Crippen LogP contribution in [-0.2, 0) is 16.1 Å². The molecular weight excluding hydrogens is 334 g/mol. The number of nitrogens with zero attached hydrogens (tertiary/aromatic N) is 2. The third-order valence-corrected chi connectivity index (χ3v) is 3.74. The van der Waals surface area contributed by atoms with Gasteiger partial charge in [-0.25, -0.2) is 9.48 Å². The Kier molecular flexibility index (Phi) is 5.07. The molecule has 7 heteroatoms. The van der Waals surface area contributed by atoms with E-state index in [9.17, 15) is 14.4 Å². The van der Waals surface area contributed by atoms with Gasteiger partial charge in [-0.1, -0.05) is 18.2 Å². The van der Waals surface area contributed by atoms with Gasteiger partial charge in [0.05, 0.1) is 23.8 Å². The number of amides is 1. The van der Waals surface area contributed by atoms with Crippen molar-refractivity contribution in [3.8, 4) is 0 Å². The summed E-state index contributed by atoms with van der Waals surface area (Å²) in [5.41, 5.74) is 0.588. The number of benzene rings is 2. The number of esters is 1. The molecule has 7 nitrogen and oxygen atoms in total. The molecule has 1 heterocycles. The summed E-state index contributed by atoms with van der Waals surface area (Å²) < 4.78 is 6.02. The zero-order valence-corrected chi connectivity index (χ0v) is 14.1. The van der Waals surface area contributed by atoms with Crippen LogP contribution in [0.25, 0.3) is 10.8 Å². The first-order chi connectivity index (χ1) is 12.6. The highest BCUT2D eigenvalue weighted by Gasteiger charge is 2.10. The van der Waals surface area contributed by atoms with Crippen LogP contribution in [0.2, 0.25) is 0 Å². The van der Waals surface area contributed by atoms with Gasteiger partial charge < -0.3 is 10.1 Å². The molecule has 0 spiro atoms. The Hall–Kier alpha value is -3.48. The molecule has 0 aliphatic carbocycles. The van der Waals surface area contributed by atoms with Gasteiger partial charge in [0.1, 0.15) is 6.54 Å². The summed E-state index contributed by atoms with van der Waals surface area (Å²) in [4.78, 5) is 36.2. The van der Waals surface area contributed by atoms with Crippen LogP contribution in [0.3, 0.4) is 0 Å². The minimum Gasteiger partial charge on any atom is -0.462 e. The fourth-order valence-electron chi connectivity index (χ4n) is 2.48. The van der Waals surface area contributed by atoms with Crippen molar-refractivity contribution in [2.45, 2.75) is 13.5 Å². The number of nitrogens with one attached hydrogen (secondary N) is 1. The van der Waals surface area contributed by atoms with Crippen molar-refractivity contribution in [1.82, 2.24) is 9.78 Å². The number of anilines is 1. The molecule has 1 aromatic heterocycles. The SMILES string of the molecule is CCOC(=O)c1ccc(NC(=O)Cn2ncc3ccccc3c2=O)cc1. The molecule has 0 bridgehead atoms. The molecule has 3 rings (SSSR count). The minimum atomic E-state index is -0.419.